The molecule has 5 nitrogen and oxygen atoms in total. The third kappa shape index (κ3) is 5.32. The van der Waals surface area contributed by atoms with Gasteiger partial charge in [-0.15, -0.1) is 0 Å². The molecule has 0 spiro atoms. The van der Waals surface area contributed by atoms with Crippen molar-refractivity contribution in [1.29, 1.82) is 0 Å². The Morgan fingerprint density at radius 3 is 2.81 bits per heavy atom. The lowest BCUT2D eigenvalue weighted by Crippen LogP contribution is -2.41. The third-order valence-electron chi connectivity index (χ3n) is 4.89. The second-order valence-corrected chi connectivity index (χ2v) is 7.65. The van der Waals surface area contributed by atoms with Gasteiger partial charge in [0.25, 0.3) is 0 Å². The van der Waals surface area contributed by atoms with Gasteiger partial charge in [-0.3, -0.25) is 4.79 Å². The van der Waals surface area contributed by atoms with E-state index in [2.05, 4.69) is 57.6 Å². The molecule has 1 amide bonds. The Kier molecular flexibility index (Phi) is 6.87. The van der Waals surface area contributed by atoms with Gasteiger partial charge >= 0.3 is 0 Å². The van der Waals surface area contributed by atoms with Crippen LogP contribution in [0.1, 0.15) is 36.5 Å². The molecule has 2 aromatic rings. The summed E-state index contributed by atoms with van der Waals surface area (Å²) in [6.45, 7) is 7.40. The Hall–Kier alpha value is -2.34. The van der Waals surface area contributed by atoms with Crippen molar-refractivity contribution in [2.75, 3.05) is 26.2 Å². The predicted octanol–water partition coefficient (Wildman–Crippen LogP) is 2.99. The van der Waals surface area contributed by atoms with Crippen LogP contribution in [0.2, 0.25) is 0 Å². The molecule has 2 N–H and O–H groups in total. The number of rotatable bonds is 6. The minimum Gasteiger partial charge on any atom is -0.357 e. The largest absolute Gasteiger partial charge is 0.357 e. The van der Waals surface area contributed by atoms with E-state index in [1.54, 1.807) is 11.3 Å². The van der Waals surface area contributed by atoms with E-state index in [0.29, 0.717) is 18.4 Å². The number of benzene rings is 1. The lowest BCUT2D eigenvalue weighted by atomic mass is 10.00. The smallest absolute Gasteiger partial charge is 0.244 e. The van der Waals surface area contributed by atoms with E-state index in [0.717, 1.165) is 26.1 Å². The first-order valence-electron chi connectivity index (χ1n) is 9.56. The fourth-order valence-corrected chi connectivity index (χ4v) is 4.00. The molecule has 3 rings (SSSR count). The van der Waals surface area contributed by atoms with Crippen LogP contribution >= 0.6 is 11.3 Å². The van der Waals surface area contributed by atoms with E-state index in [-0.39, 0.29) is 12.5 Å². The fraction of sp³-hybridized carbons (Fsp3) is 0.429. The molecule has 27 heavy (non-hydrogen) atoms. The minimum absolute atomic E-state index is 0.0765. The van der Waals surface area contributed by atoms with Crippen molar-refractivity contribution < 1.29 is 4.79 Å². The van der Waals surface area contributed by atoms with Gasteiger partial charge in [0.05, 0.1) is 0 Å². The summed E-state index contributed by atoms with van der Waals surface area (Å²) in [6.07, 6.45) is 0.919. The molecule has 0 aliphatic carbocycles. The van der Waals surface area contributed by atoms with Gasteiger partial charge in [-0.2, -0.15) is 11.3 Å². The number of carbonyl (C=O) groups excluding carboxylic acids is 1. The van der Waals surface area contributed by atoms with Gasteiger partial charge in [0, 0.05) is 26.2 Å². The molecular formula is C21H28N4OS. The number of carbonyl (C=O) groups is 1. The van der Waals surface area contributed by atoms with Crippen LogP contribution < -0.4 is 10.6 Å². The Balaban J connectivity index is 1.54. The van der Waals surface area contributed by atoms with Crippen LogP contribution in [-0.4, -0.2) is 42.9 Å². The van der Waals surface area contributed by atoms with Crippen LogP contribution in [0, 0.1) is 0 Å². The zero-order chi connectivity index (χ0) is 19.1. The number of thiophene rings is 1. The monoisotopic (exact) mass is 384 g/mol. The highest BCUT2D eigenvalue weighted by atomic mass is 32.1. The van der Waals surface area contributed by atoms with E-state index in [4.69, 9.17) is 0 Å². The summed E-state index contributed by atoms with van der Waals surface area (Å²) in [5.41, 5.74) is 3.92. The average Bonchev–Trinajstić information content (AvgIpc) is 3.24. The quantitative estimate of drug-likeness (QED) is 0.595. The van der Waals surface area contributed by atoms with Crippen molar-refractivity contribution in [1.82, 2.24) is 15.5 Å². The molecule has 1 atom stereocenters. The van der Waals surface area contributed by atoms with Crippen LogP contribution in [0.5, 0.6) is 0 Å². The minimum atomic E-state index is 0.0765. The molecule has 0 radical (unpaired) electrons. The van der Waals surface area contributed by atoms with Crippen LogP contribution in [0.15, 0.2) is 46.1 Å². The standard InChI is InChI=1S/C21H28N4OS/c1-3-22-21(23-12-16(2)19-9-11-27-15-19)24-13-20(26)25-10-8-17-6-4-5-7-18(17)14-25/h4-7,9,11,15-16H,3,8,10,12-14H2,1-2H3,(H2,22,23,24). The third-order valence-corrected chi connectivity index (χ3v) is 5.59. The SMILES string of the molecule is CCNC(=NCC(=O)N1CCc2ccccc2C1)NCC(C)c1ccsc1. The normalized spacial score (nSPS) is 15.2. The molecule has 1 unspecified atom stereocenters. The zero-order valence-electron chi connectivity index (χ0n) is 16.1. The number of hydrogen-bond acceptors (Lipinski definition) is 3. The summed E-state index contributed by atoms with van der Waals surface area (Å²) in [6, 6.07) is 10.5. The molecule has 1 aliphatic rings. The van der Waals surface area contributed by atoms with Crippen molar-refractivity contribution in [3.63, 3.8) is 0 Å². The number of hydrogen-bond donors (Lipinski definition) is 2. The maximum Gasteiger partial charge on any atom is 0.244 e. The molecular weight excluding hydrogens is 356 g/mol. The highest BCUT2D eigenvalue weighted by Crippen LogP contribution is 2.19. The first kappa shape index (κ1) is 19.4. The average molecular weight is 385 g/mol. The van der Waals surface area contributed by atoms with Crippen molar-refractivity contribution in [3.05, 3.63) is 57.8 Å². The van der Waals surface area contributed by atoms with Crippen molar-refractivity contribution in [2.45, 2.75) is 32.7 Å². The zero-order valence-corrected chi connectivity index (χ0v) is 16.9. The van der Waals surface area contributed by atoms with Crippen LogP contribution in [0.25, 0.3) is 0 Å². The van der Waals surface area contributed by atoms with Crippen molar-refractivity contribution in [3.8, 4) is 0 Å². The number of aliphatic imine (C=N–C) groups is 1. The summed E-state index contributed by atoms with van der Waals surface area (Å²) < 4.78 is 0. The molecule has 1 aliphatic heterocycles. The summed E-state index contributed by atoms with van der Waals surface area (Å²) in [4.78, 5) is 19.0. The molecule has 0 saturated carbocycles. The number of guanidine groups is 1. The van der Waals surface area contributed by atoms with Gasteiger partial charge in [0.2, 0.25) is 5.91 Å². The highest BCUT2D eigenvalue weighted by molar-refractivity contribution is 7.07. The van der Waals surface area contributed by atoms with Gasteiger partial charge in [-0.1, -0.05) is 31.2 Å². The Morgan fingerprint density at radius 1 is 1.26 bits per heavy atom. The van der Waals surface area contributed by atoms with E-state index < -0.39 is 0 Å². The van der Waals surface area contributed by atoms with Gasteiger partial charge in [0.15, 0.2) is 5.96 Å². The lowest BCUT2D eigenvalue weighted by Gasteiger charge is -2.28. The van der Waals surface area contributed by atoms with E-state index >= 15 is 0 Å². The van der Waals surface area contributed by atoms with Gasteiger partial charge in [0.1, 0.15) is 6.54 Å². The van der Waals surface area contributed by atoms with Crippen LogP contribution in [0.4, 0.5) is 0 Å². The van der Waals surface area contributed by atoms with Gasteiger partial charge in [-0.25, -0.2) is 4.99 Å². The maximum absolute atomic E-state index is 12.6. The Labute approximate surface area is 165 Å². The van der Waals surface area contributed by atoms with Crippen molar-refractivity contribution >= 4 is 23.2 Å². The van der Waals surface area contributed by atoms with Crippen LogP contribution in [-0.2, 0) is 17.8 Å². The maximum atomic E-state index is 12.6. The van der Waals surface area contributed by atoms with E-state index in [1.807, 2.05) is 17.9 Å². The predicted molar refractivity (Wildman–Crippen MR) is 112 cm³/mol. The second-order valence-electron chi connectivity index (χ2n) is 6.87. The fourth-order valence-electron chi connectivity index (χ4n) is 3.22. The van der Waals surface area contributed by atoms with Gasteiger partial charge < -0.3 is 15.5 Å². The second kappa shape index (κ2) is 9.55. The first-order valence-corrected chi connectivity index (χ1v) is 10.5. The molecule has 6 heteroatoms. The summed E-state index contributed by atoms with van der Waals surface area (Å²) in [5, 5.41) is 10.9. The summed E-state index contributed by atoms with van der Waals surface area (Å²) in [7, 11) is 0. The van der Waals surface area contributed by atoms with Gasteiger partial charge in [-0.05, 0) is 52.8 Å². The Bertz CT molecular complexity index is 772. The number of nitrogens with zero attached hydrogens (tertiary/aromatic N) is 2. The topological polar surface area (TPSA) is 56.7 Å². The lowest BCUT2D eigenvalue weighted by molar-refractivity contribution is -0.130. The molecule has 0 bridgehead atoms. The number of nitrogens with one attached hydrogen (secondary N) is 2. The number of amides is 1. The molecule has 144 valence electrons. The van der Waals surface area contributed by atoms with E-state index in [1.165, 1.54) is 16.7 Å². The Morgan fingerprint density at radius 2 is 2.07 bits per heavy atom. The molecule has 2 heterocycles. The first-order chi connectivity index (χ1) is 13.2. The molecule has 1 aromatic heterocycles. The van der Waals surface area contributed by atoms with Crippen LogP contribution in [0.3, 0.4) is 0 Å². The molecule has 0 fully saturated rings. The van der Waals surface area contributed by atoms with E-state index in [9.17, 15) is 4.79 Å². The summed E-state index contributed by atoms with van der Waals surface area (Å²) in [5.74, 6) is 1.17. The molecule has 0 saturated heterocycles. The molecule has 1 aromatic carbocycles. The number of fused-ring (bicyclic) bond motifs is 1. The summed E-state index contributed by atoms with van der Waals surface area (Å²) >= 11 is 1.71. The highest BCUT2D eigenvalue weighted by Gasteiger charge is 2.20. The van der Waals surface area contributed by atoms with Crippen molar-refractivity contribution in [2.24, 2.45) is 4.99 Å².